The predicted octanol–water partition coefficient (Wildman–Crippen LogP) is -3.86. The lowest BCUT2D eigenvalue weighted by Gasteiger charge is -2.39. The lowest BCUT2D eigenvalue weighted by molar-refractivity contribution is -0.301. The number of unbranched alkanes of at least 4 members (excludes halogenated alkanes) is 3. The van der Waals surface area contributed by atoms with E-state index in [0.717, 1.165) is 0 Å². The molecule has 3 aliphatic rings. The maximum Gasteiger partial charge on any atom is 0.333 e. The molecule has 21 nitrogen and oxygen atoms in total. The molecule has 56 heavy (non-hydrogen) atoms. The highest BCUT2D eigenvalue weighted by molar-refractivity contribution is 6.01. The minimum atomic E-state index is -1.62. The molecule has 3 saturated heterocycles. The van der Waals surface area contributed by atoms with Gasteiger partial charge in [-0.2, -0.15) is 0 Å². The first-order chi connectivity index (χ1) is 26.7. The van der Waals surface area contributed by atoms with Gasteiger partial charge in [-0.1, -0.05) is 12.8 Å². The number of nitrogens with zero attached hydrogens (tertiary/aromatic N) is 2. The number of amides is 2. The van der Waals surface area contributed by atoms with Crippen molar-refractivity contribution in [2.75, 3.05) is 46.1 Å². The number of hydrogen-bond donors (Lipinski definition) is 8. The van der Waals surface area contributed by atoms with E-state index in [1.807, 2.05) is 0 Å². The lowest BCUT2D eigenvalue weighted by atomic mass is 9.99. The summed E-state index contributed by atoms with van der Waals surface area (Å²) in [5.74, 6) is -2.76. The molecule has 0 saturated carbocycles. The lowest BCUT2D eigenvalue weighted by Crippen LogP contribution is -2.59. The summed E-state index contributed by atoms with van der Waals surface area (Å²) in [6.45, 7) is -2.22. The molecule has 10 atom stereocenters. The maximum atomic E-state index is 12.9. The highest BCUT2D eigenvalue weighted by atomic mass is 16.7. The zero-order chi connectivity index (χ0) is 41.4. The molecule has 0 aromatic heterocycles. The van der Waals surface area contributed by atoms with Crippen LogP contribution in [-0.2, 0) is 52.6 Å². The van der Waals surface area contributed by atoms with Crippen LogP contribution in [0.25, 0.3) is 0 Å². The fraction of sp³-hybridized carbons (Fsp3) is 0.829. The molecule has 3 rings (SSSR count). The van der Waals surface area contributed by atoms with Crippen LogP contribution in [0.2, 0.25) is 0 Å². The molecule has 0 aromatic carbocycles. The quantitative estimate of drug-likeness (QED) is 0.0306. The number of hydroxylamine groups is 2. The highest BCUT2D eigenvalue weighted by Crippen LogP contribution is 2.23. The van der Waals surface area contributed by atoms with E-state index in [9.17, 15) is 69.6 Å². The Balaban J connectivity index is 1.43. The number of ether oxygens (including phenoxy) is 4. The fourth-order valence-electron chi connectivity index (χ4n) is 6.25. The molecule has 0 bridgehead atoms. The molecule has 0 radical (unpaired) electrons. The van der Waals surface area contributed by atoms with Gasteiger partial charge >= 0.3 is 5.97 Å². The second kappa shape index (κ2) is 24.1. The summed E-state index contributed by atoms with van der Waals surface area (Å²) in [6.07, 6.45) is -12.4. The third-order valence-electron chi connectivity index (χ3n) is 9.45. The van der Waals surface area contributed by atoms with Crippen LogP contribution in [0, 0.1) is 0 Å². The Bertz CT molecular complexity index is 1230. The van der Waals surface area contributed by atoms with Crippen molar-refractivity contribution in [3.05, 3.63) is 0 Å². The molecule has 2 amide bonds. The van der Waals surface area contributed by atoms with Crippen molar-refractivity contribution >= 4 is 35.1 Å². The summed E-state index contributed by atoms with van der Waals surface area (Å²) in [5.41, 5.74) is 0. The molecule has 0 spiro atoms. The van der Waals surface area contributed by atoms with Crippen LogP contribution in [0.4, 0.5) is 0 Å². The van der Waals surface area contributed by atoms with Crippen molar-refractivity contribution in [1.29, 1.82) is 0 Å². The number of aliphatic hydroxyl groups excluding tert-OH is 8. The molecule has 3 aliphatic heterocycles. The van der Waals surface area contributed by atoms with E-state index in [1.54, 1.807) is 0 Å². The number of imide groups is 1. The summed E-state index contributed by atoms with van der Waals surface area (Å²) in [4.78, 5) is 80.2. The Kier molecular flexibility index (Phi) is 20.4. The van der Waals surface area contributed by atoms with Gasteiger partial charge in [0.25, 0.3) is 11.8 Å². The van der Waals surface area contributed by atoms with Crippen molar-refractivity contribution in [2.45, 2.75) is 138 Å². The average molecular weight is 809 g/mol. The van der Waals surface area contributed by atoms with Gasteiger partial charge < -0.3 is 64.6 Å². The second-order valence-electron chi connectivity index (χ2n) is 14.1. The van der Waals surface area contributed by atoms with Crippen LogP contribution in [0.1, 0.15) is 77.0 Å². The second-order valence-corrected chi connectivity index (χ2v) is 14.1. The average Bonchev–Trinajstić information content (AvgIpc) is 3.48. The summed E-state index contributed by atoms with van der Waals surface area (Å²) in [6, 6.07) is 0. The van der Waals surface area contributed by atoms with Gasteiger partial charge in [0.05, 0.1) is 46.1 Å². The van der Waals surface area contributed by atoms with E-state index in [1.165, 1.54) is 4.90 Å². The van der Waals surface area contributed by atoms with E-state index in [-0.39, 0.29) is 102 Å². The van der Waals surface area contributed by atoms with E-state index in [0.29, 0.717) is 30.7 Å². The van der Waals surface area contributed by atoms with Gasteiger partial charge in [0.15, 0.2) is 12.6 Å². The summed E-state index contributed by atoms with van der Waals surface area (Å²) in [7, 11) is 0. The van der Waals surface area contributed by atoms with Crippen molar-refractivity contribution in [2.24, 2.45) is 0 Å². The molecule has 0 aliphatic carbocycles. The Morgan fingerprint density at radius 1 is 0.571 bits per heavy atom. The van der Waals surface area contributed by atoms with Crippen LogP contribution in [-0.4, -0.2) is 193 Å². The SMILES string of the molecule is O=C(CCCCCCC(=O)ON1C(=O)CCC1=O)CN(CC(=O)CCCO[C@H]1O[C@H](CO)[C@@H](O)[C@H](O)[C@@H]1O)CC(=O)CCCO[C@H]1O[C@H](CO)[C@@H](O)[C@H](O)[C@@H]1O. The number of hydrogen-bond acceptors (Lipinski definition) is 20. The first kappa shape index (κ1) is 47.5. The predicted molar refractivity (Wildman–Crippen MR) is 184 cm³/mol. The number of rotatable bonds is 26. The van der Waals surface area contributed by atoms with Crippen LogP contribution in [0.3, 0.4) is 0 Å². The van der Waals surface area contributed by atoms with Crippen molar-refractivity contribution in [1.82, 2.24) is 9.96 Å². The molecule has 21 heteroatoms. The zero-order valence-corrected chi connectivity index (χ0v) is 31.2. The van der Waals surface area contributed by atoms with Gasteiger partial charge in [-0.15, -0.1) is 5.06 Å². The molecular formula is C35H56N2O19. The Labute approximate surface area is 322 Å². The maximum absolute atomic E-state index is 12.9. The molecule has 320 valence electrons. The summed E-state index contributed by atoms with van der Waals surface area (Å²) < 4.78 is 21.4. The van der Waals surface area contributed by atoms with Crippen LogP contribution >= 0.6 is 0 Å². The molecular weight excluding hydrogens is 752 g/mol. The third-order valence-corrected chi connectivity index (χ3v) is 9.45. The Hall–Kier alpha value is -2.90. The molecule has 0 unspecified atom stereocenters. The standard InChI is InChI=1S/C35H56N2O19/c38-18-23-28(46)30(48)32(50)34(54-23)52-13-5-8-21(41)16-36(17-22(42)9-6-14-53-35-33(51)31(49)29(47)24(19-39)55-35)15-20(40)7-3-1-2-4-10-27(45)56-37-25(43)11-12-26(37)44/h23-24,28-35,38-39,46-51H,1-19H2/t23-,24-,28-,29-,30+,31+,32+,33+,34+,35+/m1/s1. The number of carbonyl (C=O) groups excluding carboxylic acids is 6. The number of carbonyl (C=O) groups is 6. The normalized spacial score (nSPS) is 29.6. The Morgan fingerprint density at radius 3 is 1.38 bits per heavy atom. The largest absolute Gasteiger partial charge is 0.394 e. The first-order valence-electron chi connectivity index (χ1n) is 18.8. The van der Waals surface area contributed by atoms with E-state index in [4.69, 9.17) is 23.8 Å². The van der Waals surface area contributed by atoms with Crippen molar-refractivity contribution in [3.63, 3.8) is 0 Å². The van der Waals surface area contributed by atoms with Gasteiger partial charge in [-0.05, 0) is 25.7 Å². The monoisotopic (exact) mass is 808 g/mol. The van der Waals surface area contributed by atoms with E-state index < -0.39 is 92.4 Å². The number of aliphatic hydroxyl groups is 8. The zero-order valence-electron chi connectivity index (χ0n) is 31.2. The van der Waals surface area contributed by atoms with Gasteiger partial charge in [0.1, 0.15) is 66.2 Å². The van der Waals surface area contributed by atoms with Crippen LogP contribution < -0.4 is 0 Å². The molecule has 3 heterocycles. The fourth-order valence-corrected chi connectivity index (χ4v) is 6.25. The molecule has 8 N–H and O–H groups in total. The van der Waals surface area contributed by atoms with Gasteiger partial charge in [0.2, 0.25) is 0 Å². The topological polar surface area (TPSA) is 317 Å². The van der Waals surface area contributed by atoms with Gasteiger partial charge in [-0.25, -0.2) is 4.79 Å². The van der Waals surface area contributed by atoms with Crippen LogP contribution in [0.15, 0.2) is 0 Å². The molecule has 0 aromatic rings. The Morgan fingerprint density at radius 2 is 0.964 bits per heavy atom. The van der Waals surface area contributed by atoms with Gasteiger partial charge in [0, 0.05) is 38.5 Å². The van der Waals surface area contributed by atoms with Crippen LogP contribution in [0.5, 0.6) is 0 Å². The number of Topliss-reactive ketones (excluding diaryl/α,β-unsaturated/α-hetero) is 3. The summed E-state index contributed by atoms with van der Waals surface area (Å²) in [5, 5.41) is 79.1. The minimum absolute atomic E-state index is 0.00708. The smallest absolute Gasteiger partial charge is 0.333 e. The number of ketones is 3. The van der Waals surface area contributed by atoms with E-state index >= 15 is 0 Å². The first-order valence-corrected chi connectivity index (χ1v) is 18.8. The minimum Gasteiger partial charge on any atom is -0.394 e. The summed E-state index contributed by atoms with van der Waals surface area (Å²) >= 11 is 0. The highest BCUT2D eigenvalue weighted by Gasteiger charge is 2.45. The molecule has 3 fully saturated rings. The van der Waals surface area contributed by atoms with Crippen molar-refractivity contribution in [3.8, 4) is 0 Å². The van der Waals surface area contributed by atoms with Crippen molar-refractivity contribution < 1.29 is 93.4 Å². The third kappa shape index (κ3) is 14.8. The van der Waals surface area contributed by atoms with Gasteiger partial charge in [-0.3, -0.25) is 28.9 Å². The van der Waals surface area contributed by atoms with E-state index in [2.05, 4.69) is 0 Å².